The second-order valence-electron chi connectivity index (χ2n) is 2.86. The van der Waals surface area contributed by atoms with Crippen molar-refractivity contribution in [2.24, 2.45) is 0 Å². The summed E-state index contributed by atoms with van der Waals surface area (Å²) in [5, 5.41) is 0. The van der Waals surface area contributed by atoms with Crippen LogP contribution in [0.15, 0.2) is 29.2 Å². The largest absolute Gasteiger partial charge is 0.224 e. The Morgan fingerprint density at radius 2 is 1.77 bits per heavy atom. The molecule has 0 N–H and O–H groups in total. The maximum absolute atomic E-state index is 11.6. The topological polar surface area (TPSA) is 34.1 Å². The minimum atomic E-state index is -3.04. The zero-order chi connectivity index (χ0) is 9.90. The number of hydrogen-bond acceptors (Lipinski definition) is 2. The standard InChI is InChI=1S/C10H14O2S/c1-3-9-7-5-6-8-10(9)13(11,12)4-2/h5-8H,3-4H2,1-2H3. The van der Waals surface area contributed by atoms with Gasteiger partial charge in [0.2, 0.25) is 0 Å². The van der Waals surface area contributed by atoms with Crippen LogP contribution in [0.25, 0.3) is 0 Å². The van der Waals surface area contributed by atoms with Crippen molar-refractivity contribution in [3.8, 4) is 0 Å². The van der Waals surface area contributed by atoms with E-state index in [1.165, 1.54) is 0 Å². The lowest BCUT2D eigenvalue weighted by Crippen LogP contribution is -2.06. The van der Waals surface area contributed by atoms with Crippen LogP contribution in [-0.2, 0) is 16.3 Å². The Balaban J connectivity index is 3.29. The van der Waals surface area contributed by atoms with E-state index in [0.717, 1.165) is 12.0 Å². The van der Waals surface area contributed by atoms with Gasteiger partial charge in [-0.15, -0.1) is 0 Å². The van der Waals surface area contributed by atoms with Crippen LogP contribution in [0.3, 0.4) is 0 Å². The molecule has 2 nitrogen and oxygen atoms in total. The summed E-state index contributed by atoms with van der Waals surface area (Å²) in [6.45, 7) is 3.63. The lowest BCUT2D eigenvalue weighted by atomic mass is 10.2. The van der Waals surface area contributed by atoms with Gasteiger partial charge in [0.1, 0.15) is 0 Å². The van der Waals surface area contributed by atoms with Gasteiger partial charge in [-0.2, -0.15) is 0 Å². The van der Waals surface area contributed by atoms with Crippen molar-refractivity contribution < 1.29 is 8.42 Å². The van der Waals surface area contributed by atoms with E-state index >= 15 is 0 Å². The molecule has 1 aromatic rings. The molecule has 0 heterocycles. The lowest BCUT2D eigenvalue weighted by Gasteiger charge is -2.06. The van der Waals surface area contributed by atoms with Crippen LogP contribution in [-0.4, -0.2) is 14.2 Å². The molecule has 0 aromatic heterocycles. The molecule has 0 radical (unpaired) electrons. The highest BCUT2D eigenvalue weighted by Crippen LogP contribution is 2.16. The van der Waals surface area contributed by atoms with E-state index in [2.05, 4.69) is 0 Å². The Kier molecular flexibility index (Phi) is 3.09. The number of hydrogen-bond donors (Lipinski definition) is 0. The number of sulfone groups is 1. The van der Waals surface area contributed by atoms with Crippen molar-refractivity contribution in [2.45, 2.75) is 25.2 Å². The van der Waals surface area contributed by atoms with E-state index in [4.69, 9.17) is 0 Å². The van der Waals surface area contributed by atoms with Crippen molar-refractivity contribution in [2.75, 3.05) is 5.75 Å². The van der Waals surface area contributed by atoms with Crippen LogP contribution in [0.4, 0.5) is 0 Å². The van der Waals surface area contributed by atoms with Gasteiger partial charge < -0.3 is 0 Å². The highest BCUT2D eigenvalue weighted by Gasteiger charge is 2.14. The fourth-order valence-corrected chi connectivity index (χ4v) is 2.46. The normalized spacial score (nSPS) is 11.5. The quantitative estimate of drug-likeness (QED) is 0.745. The fraction of sp³-hybridized carbons (Fsp3) is 0.400. The van der Waals surface area contributed by atoms with E-state index in [1.807, 2.05) is 19.1 Å². The molecule has 0 fully saturated rings. The molecule has 0 saturated carbocycles. The average Bonchev–Trinajstić information content (AvgIpc) is 2.18. The highest BCUT2D eigenvalue weighted by molar-refractivity contribution is 7.91. The Labute approximate surface area is 79.5 Å². The van der Waals surface area contributed by atoms with Crippen molar-refractivity contribution in [1.29, 1.82) is 0 Å². The predicted octanol–water partition coefficient (Wildman–Crippen LogP) is 2.04. The van der Waals surface area contributed by atoms with Crippen LogP contribution in [0.2, 0.25) is 0 Å². The molecular weight excluding hydrogens is 184 g/mol. The maximum Gasteiger partial charge on any atom is 0.178 e. The van der Waals surface area contributed by atoms with Gasteiger partial charge in [-0.1, -0.05) is 32.0 Å². The summed E-state index contributed by atoms with van der Waals surface area (Å²) in [6.07, 6.45) is 0.759. The lowest BCUT2D eigenvalue weighted by molar-refractivity contribution is 0.596. The summed E-state index contributed by atoms with van der Waals surface area (Å²) in [5.41, 5.74) is 0.907. The van der Waals surface area contributed by atoms with Gasteiger partial charge in [-0.05, 0) is 18.1 Å². The molecule has 72 valence electrons. The minimum absolute atomic E-state index is 0.171. The smallest absolute Gasteiger partial charge is 0.178 e. The summed E-state index contributed by atoms with van der Waals surface area (Å²) in [5.74, 6) is 0.171. The zero-order valence-electron chi connectivity index (χ0n) is 7.95. The summed E-state index contributed by atoms with van der Waals surface area (Å²) >= 11 is 0. The molecule has 0 aliphatic carbocycles. The first-order chi connectivity index (χ1) is 6.11. The third-order valence-electron chi connectivity index (χ3n) is 2.07. The molecule has 0 amide bonds. The zero-order valence-corrected chi connectivity index (χ0v) is 8.76. The number of aryl methyl sites for hydroxylation is 1. The first-order valence-corrected chi connectivity index (χ1v) is 6.07. The van der Waals surface area contributed by atoms with E-state index in [1.54, 1.807) is 19.1 Å². The highest BCUT2D eigenvalue weighted by atomic mass is 32.2. The molecule has 0 spiro atoms. The van der Waals surface area contributed by atoms with E-state index in [0.29, 0.717) is 4.90 Å². The van der Waals surface area contributed by atoms with Crippen LogP contribution < -0.4 is 0 Å². The molecule has 13 heavy (non-hydrogen) atoms. The molecule has 0 saturated heterocycles. The van der Waals surface area contributed by atoms with Crippen LogP contribution in [0.5, 0.6) is 0 Å². The monoisotopic (exact) mass is 198 g/mol. The second-order valence-corrected chi connectivity index (χ2v) is 5.11. The summed E-state index contributed by atoms with van der Waals surface area (Å²) < 4.78 is 23.2. The first-order valence-electron chi connectivity index (χ1n) is 4.42. The SMILES string of the molecule is CCc1ccccc1S(=O)(=O)CC. The van der Waals surface area contributed by atoms with Crippen LogP contribution in [0, 0.1) is 0 Å². The molecule has 0 atom stereocenters. The van der Waals surface area contributed by atoms with Crippen molar-refractivity contribution in [1.82, 2.24) is 0 Å². The van der Waals surface area contributed by atoms with Gasteiger partial charge >= 0.3 is 0 Å². The molecule has 3 heteroatoms. The number of benzene rings is 1. The third kappa shape index (κ3) is 2.10. The Bertz CT molecular complexity index is 380. The number of rotatable bonds is 3. The fourth-order valence-electron chi connectivity index (χ4n) is 1.25. The maximum atomic E-state index is 11.6. The Hall–Kier alpha value is -0.830. The van der Waals surface area contributed by atoms with Crippen LogP contribution in [0.1, 0.15) is 19.4 Å². The molecule has 0 aliphatic heterocycles. The van der Waals surface area contributed by atoms with Crippen LogP contribution >= 0.6 is 0 Å². The average molecular weight is 198 g/mol. The Morgan fingerprint density at radius 3 is 2.31 bits per heavy atom. The molecule has 0 unspecified atom stereocenters. The Morgan fingerprint density at radius 1 is 1.15 bits per heavy atom. The van der Waals surface area contributed by atoms with E-state index < -0.39 is 9.84 Å². The van der Waals surface area contributed by atoms with Gasteiger partial charge in [0.25, 0.3) is 0 Å². The predicted molar refractivity (Wildman–Crippen MR) is 53.5 cm³/mol. The van der Waals surface area contributed by atoms with Gasteiger partial charge in [0.15, 0.2) is 9.84 Å². The van der Waals surface area contributed by atoms with Gasteiger partial charge in [-0.3, -0.25) is 0 Å². The van der Waals surface area contributed by atoms with Gasteiger partial charge in [0.05, 0.1) is 10.6 Å². The summed E-state index contributed by atoms with van der Waals surface area (Å²) in [4.78, 5) is 0.486. The summed E-state index contributed by atoms with van der Waals surface area (Å²) in [6, 6.07) is 7.18. The molecule has 1 aromatic carbocycles. The third-order valence-corrected chi connectivity index (χ3v) is 3.90. The molecule has 1 rings (SSSR count). The van der Waals surface area contributed by atoms with Crippen molar-refractivity contribution >= 4 is 9.84 Å². The van der Waals surface area contributed by atoms with Gasteiger partial charge in [0, 0.05) is 0 Å². The van der Waals surface area contributed by atoms with E-state index in [9.17, 15) is 8.42 Å². The second kappa shape index (κ2) is 3.92. The van der Waals surface area contributed by atoms with Gasteiger partial charge in [-0.25, -0.2) is 8.42 Å². The molecular formula is C10H14O2S. The first kappa shape index (κ1) is 10.3. The molecule has 0 bridgehead atoms. The van der Waals surface area contributed by atoms with Crippen molar-refractivity contribution in [3.05, 3.63) is 29.8 Å². The van der Waals surface area contributed by atoms with Crippen molar-refractivity contribution in [3.63, 3.8) is 0 Å². The van der Waals surface area contributed by atoms with E-state index in [-0.39, 0.29) is 5.75 Å². The minimum Gasteiger partial charge on any atom is -0.224 e. The summed E-state index contributed by atoms with van der Waals surface area (Å²) in [7, 11) is -3.04. The molecule has 0 aliphatic rings.